The first-order chi connectivity index (χ1) is 17.8. The van der Waals surface area contributed by atoms with Gasteiger partial charge < -0.3 is 20.7 Å². The molecule has 37 heavy (non-hydrogen) atoms. The van der Waals surface area contributed by atoms with Crippen LogP contribution in [0.25, 0.3) is 0 Å². The van der Waals surface area contributed by atoms with Gasteiger partial charge in [-0.15, -0.1) is 0 Å². The number of ether oxygens (including phenoxy) is 1. The molecule has 0 radical (unpaired) electrons. The van der Waals surface area contributed by atoms with E-state index in [1.54, 1.807) is 31.4 Å². The molecule has 3 aliphatic rings. The SMILES string of the molecule is COc1ccc(C2=NC3(CCCCC3)N(C(c3ccc(C(=O)NCC(=N)N)cc3)C3CC3)C2=O)cc1Cl. The summed E-state index contributed by atoms with van der Waals surface area (Å²) < 4.78 is 5.30. The Bertz CT molecular complexity index is 1250. The van der Waals surface area contributed by atoms with E-state index in [-0.39, 0.29) is 30.2 Å². The Kier molecular flexibility index (Phi) is 6.94. The zero-order chi connectivity index (χ0) is 26.2. The second-order valence-corrected chi connectivity index (χ2v) is 10.5. The second-order valence-electron chi connectivity index (χ2n) is 10.1. The van der Waals surface area contributed by atoms with E-state index in [2.05, 4.69) is 5.32 Å². The van der Waals surface area contributed by atoms with Gasteiger partial charge in [-0.3, -0.25) is 20.0 Å². The highest BCUT2D eigenvalue weighted by molar-refractivity contribution is 6.47. The average molecular weight is 522 g/mol. The molecule has 5 rings (SSSR count). The monoisotopic (exact) mass is 521 g/mol. The lowest BCUT2D eigenvalue weighted by atomic mass is 9.86. The van der Waals surface area contributed by atoms with Crippen LogP contribution >= 0.6 is 11.6 Å². The standard InChI is InChI=1S/C28H32ClN5O3/c1-37-22-12-11-20(15-21(22)29)24-27(36)34(28(33-24)13-3-2-4-14-28)25(17-5-6-17)18-7-9-19(10-8-18)26(35)32-16-23(30)31/h7-12,15,17,25H,2-6,13-14,16H2,1H3,(H3,30,31)(H,32,35). The molecule has 2 saturated carbocycles. The maximum absolute atomic E-state index is 14.1. The highest BCUT2D eigenvalue weighted by atomic mass is 35.5. The lowest BCUT2D eigenvalue weighted by Gasteiger charge is -2.44. The van der Waals surface area contributed by atoms with Crippen molar-refractivity contribution in [3.05, 3.63) is 64.2 Å². The van der Waals surface area contributed by atoms with Crippen molar-refractivity contribution in [3.8, 4) is 5.75 Å². The van der Waals surface area contributed by atoms with Crippen molar-refractivity contribution in [2.24, 2.45) is 16.6 Å². The van der Waals surface area contributed by atoms with Crippen LogP contribution in [0.4, 0.5) is 0 Å². The van der Waals surface area contributed by atoms with E-state index < -0.39 is 5.66 Å². The summed E-state index contributed by atoms with van der Waals surface area (Å²) >= 11 is 6.41. The first-order valence-corrected chi connectivity index (χ1v) is 13.2. The number of nitrogens with two attached hydrogens (primary N) is 1. The zero-order valence-electron chi connectivity index (χ0n) is 20.9. The number of halogens is 1. The number of hydrogen-bond donors (Lipinski definition) is 3. The van der Waals surface area contributed by atoms with Gasteiger partial charge in [0.2, 0.25) is 0 Å². The van der Waals surface area contributed by atoms with Crippen molar-refractivity contribution in [3.63, 3.8) is 0 Å². The second kappa shape index (κ2) is 10.2. The van der Waals surface area contributed by atoms with Crippen molar-refractivity contribution in [2.45, 2.75) is 56.7 Å². The van der Waals surface area contributed by atoms with E-state index in [9.17, 15) is 9.59 Å². The van der Waals surface area contributed by atoms with Gasteiger partial charge in [-0.05, 0) is 80.3 Å². The molecule has 2 fully saturated rings. The van der Waals surface area contributed by atoms with Crippen LogP contribution in [0.2, 0.25) is 5.02 Å². The summed E-state index contributed by atoms with van der Waals surface area (Å²) in [6, 6.07) is 12.7. The van der Waals surface area contributed by atoms with Gasteiger partial charge in [0.15, 0.2) is 0 Å². The summed E-state index contributed by atoms with van der Waals surface area (Å²) in [7, 11) is 1.57. The lowest BCUT2D eigenvalue weighted by Crippen LogP contribution is -2.50. The molecule has 1 aliphatic heterocycles. The van der Waals surface area contributed by atoms with E-state index in [4.69, 9.17) is 32.5 Å². The van der Waals surface area contributed by atoms with E-state index in [0.29, 0.717) is 33.5 Å². The maximum atomic E-state index is 14.1. The van der Waals surface area contributed by atoms with Gasteiger partial charge in [-0.2, -0.15) is 0 Å². The van der Waals surface area contributed by atoms with Crippen molar-refractivity contribution < 1.29 is 14.3 Å². The Morgan fingerprint density at radius 3 is 2.51 bits per heavy atom. The summed E-state index contributed by atoms with van der Waals surface area (Å²) in [4.78, 5) is 33.8. The number of nitrogens with one attached hydrogen (secondary N) is 2. The largest absolute Gasteiger partial charge is 0.495 e. The van der Waals surface area contributed by atoms with Gasteiger partial charge in [-0.25, -0.2) is 0 Å². The van der Waals surface area contributed by atoms with Crippen molar-refractivity contribution in [1.82, 2.24) is 10.2 Å². The van der Waals surface area contributed by atoms with Crippen molar-refractivity contribution in [2.75, 3.05) is 13.7 Å². The molecule has 0 bridgehead atoms. The Morgan fingerprint density at radius 2 is 1.92 bits per heavy atom. The summed E-state index contributed by atoms with van der Waals surface area (Å²) in [5.41, 5.74) is 7.45. The molecule has 2 aliphatic carbocycles. The number of rotatable bonds is 8. The lowest BCUT2D eigenvalue weighted by molar-refractivity contribution is -0.133. The molecule has 194 valence electrons. The number of benzene rings is 2. The molecule has 1 unspecified atom stereocenters. The topological polar surface area (TPSA) is 121 Å². The summed E-state index contributed by atoms with van der Waals surface area (Å²) in [5, 5.41) is 10.4. The first-order valence-electron chi connectivity index (χ1n) is 12.8. The third-order valence-electron chi connectivity index (χ3n) is 7.57. The molecule has 4 N–H and O–H groups in total. The maximum Gasteiger partial charge on any atom is 0.275 e. The van der Waals surface area contributed by atoms with Crippen LogP contribution < -0.4 is 15.8 Å². The molecule has 0 saturated heterocycles. The van der Waals surface area contributed by atoms with Crippen LogP contribution in [0.15, 0.2) is 47.5 Å². The Hall–Kier alpha value is -3.39. The molecule has 9 heteroatoms. The third kappa shape index (κ3) is 4.94. The minimum Gasteiger partial charge on any atom is -0.495 e. The number of carbonyl (C=O) groups is 2. The van der Waals surface area contributed by atoms with E-state index in [0.717, 1.165) is 50.5 Å². The highest BCUT2D eigenvalue weighted by Crippen LogP contribution is 2.52. The molecule has 1 atom stereocenters. The van der Waals surface area contributed by atoms with Gasteiger partial charge in [0.05, 0.1) is 24.7 Å². The van der Waals surface area contributed by atoms with Crippen molar-refractivity contribution >= 4 is 35.0 Å². The van der Waals surface area contributed by atoms with E-state index >= 15 is 0 Å². The third-order valence-corrected chi connectivity index (χ3v) is 7.87. The molecule has 2 aromatic carbocycles. The number of aliphatic imine (C=N–C) groups is 1. The normalized spacial score (nSPS) is 19.5. The average Bonchev–Trinajstić information content (AvgIpc) is 3.70. The van der Waals surface area contributed by atoms with Crippen molar-refractivity contribution in [1.29, 1.82) is 5.41 Å². The Labute approximate surface area is 221 Å². The predicted octanol–water partition coefficient (Wildman–Crippen LogP) is 4.46. The molecule has 8 nitrogen and oxygen atoms in total. The van der Waals surface area contributed by atoms with E-state index in [1.807, 2.05) is 23.1 Å². The number of nitrogens with zero attached hydrogens (tertiary/aromatic N) is 2. The number of methoxy groups -OCH3 is 1. The summed E-state index contributed by atoms with van der Waals surface area (Å²) in [6.07, 6.45) is 6.96. The van der Waals surface area contributed by atoms with Gasteiger partial charge >= 0.3 is 0 Å². The molecular formula is C28H32ClN5O3. The predicted molar refractivity (Wildman–Crippen MR) is 143 cm³/mol. The Balaban J connectivity index is 1.49. The molecule has 2 aromatic rings. The van der Waals surface area contributed by atoms with Crippen LogP contribution in [0, 0.1) is 11.3 Å². The van der Waals surface area contributed by atoms with Crippen LogP contribution in [-0.4, -0.2) is 47.6 Å². The fraction of sp³-hybridized carbons (Fsp3) is 0.429. The minimum atomic E-state index is -0.568. The minimum absolute atomic E-state index is 0.00553. The number of carbonyl (C=O) groups excluding carboxylic acids is 2. The van der Waals surface area contributed by atoms with Crippen LogP contribution in [0.3, 0.4) is 0 Å². The molecular weight excluding hydrogens is 490 g/mol. The quantitative estimate of drug-likeness (QED) is 0.351. The first kappa shape index (κ1) is 25.3. The fourth-order valence-corrected chi connectivity index (χ4v) is 5.88. The number of hydrogen-bond acceptors (Lipinski definition) is 5. The summed E-state index contributed by atoms with van der Waals surface area (Å²) in [5.74, 6) is 0.465. The Morgan fingerprint density at radius 1 is 1.22 bits per heavy atom. The fourth-order valence-electron chi connectivity index (χ4n) is 5.62. The molecule has 2 amide bonds. The van der Waals surface area contributed by atoms with E-state index in [1.165, 1.54) is 0 Å². The van der Waals surface area contributed by atoms with Gasteiger partial charge in [0, 0.05) is 11.1 Å². The van der Waals surface area contributed by atoms with Crippen LogP contribution in [-0.2, 0) is 4.79 Å². The molecule has 1 heterocycles. The zero-order valence-corrected chi connectivity index (χ0v) is 21.7. The van der Waals surface area contributed by atoms with Crippen LogP contribution in [0.5, 0.6) is 5.75 Å². The number of amidine groups is 1. The van der Waals surface area contributed by atoms with Gasteiger partial charge in [0.25, 0.3) is 11.8 Å². The van der Waals surface area contributed by atoms with Gasteiger partial charge in [-0.1, -0.05) is 30.2 Å². The number of amides is 2. The molecule has 0 aromatic heterocycles. The van der Waals surface area contributed by atoms with Gasteiger partial charge in [0.1, 0.15) is 23.0 Å². The summed E-state index contributed by atoms with van der Waals surface area (Å²) in [6.45, 7) is 0.00553. The van der Waals surface area contributed by atoms with Crippen LogP contribution in [0.1, 0.15) is 72.5 Å². The highest BCUT2D eigenvalue weighted by Gasteiger charge is 2.53. The smallest absolute Gasteiger partial charge is 0.275 e. The molecule has 1 spiro atoms.